The minimum absolute atomic E-state index is 0.0185. The van der Waals surface area contributed by atoms with Gasteiger partial charge in [-0.05, 0) is 6.92 Å². The summed E-state index contributed by atoms with van der Waals surface area (Å²) in [5.74, 6) is 0.0185. The number of rotatable bonds is 0. The Bertz CT molecular complexity index is 297. The Morgan fingerprint density at radius 1 is 1.70 bits per heavy atom. The van der Waals surface area contributed by atoms with E-state index >= 15 is 0 Å². The third-order valence-corrected chi connectivity index (χ3v) is 2.12. The lowest BCUT2D eigenvalue weighted by Crippen LogP contribution is -1.81. The molecule has 52 valence electrons. The first-order valence-electron chi connectivity index (χ1n) is 2.64. The molecule has 0 fully saturated rings. The molecule has 4 heteroatoms. The zero-order chi connectivity index (χ0) is 7.72. The molecular weight excluding hydrogens is 148 g/mol. The monoisotopic (exact) mass is 154 g/mol. The van der Waals surface area contributed by atoms with Crippen LogP contribution in [0.2, 0.25) is 0 Å². The van der Waals surface area contributed by atoms with E-state index in [0.29, 0.717) is 9.88 Å². The van der Waals surface area contributed by atoms with E-state index in [-0.39, 0.29) is 11.3 Å². The van der Waals surface area contributed by atoms with Crippen LogP contribution < -0.4 is 5.73 Å². The number of thiophene rings is 1. The first-order chi connectivity index (χ1) is 4.66. The van der Waals surface area contributed by atoms with Gasteiger partial charge in [-0.25, -0.2) is 0 Å². The fraction of sp³-hybridized carbons (Fsp3) is 0.167. The minimum Gasteiger partial charge on any atom is -0.505 e. The van der Waals surface area contributed by atoms with Crippen molar-refractivity contribution in [3.8, 4) is 11.8 Å². The summed E-state index contributed by atoms with van der Waals surface area (Å²) < 4.78 is 0. The topological polar surface area (TPSA) is 70.0 Å². The van der Waals surface area contributed by atoms with Crippen LogP contribution in [-0.4, -0.2) is 5.11 Å². The van der Waals surface area contributed by atoms with Gasteiger partial charge < -0.3 is 10.8 Å². The maximum atomic E-state index is 9.13. The van der Waals surface area contributed by atoms with Crippen LogP contribution in [0.3, 0.4) is 0 Å². The lowest BCUT2D eigenvalue weighted by Gasteiger charge is -1.85. The Labute approximate surface area is 62.3 Å². The van der Waals surface area contributed by atoms with Crippen LogP contribution in [0.25, 0.3) is 0 Å². The molecule has 0 bridgehead atoms. The van der Waals surface area contributed by atoms with E-state index in [2.05, 4.69) is 0 Å². The van der Waals surface area contributed by atoms with E-state index in [1.165, 1.54) is 11.3 Å². The summed E-state index contributed by atoms with van der Waals surface area (Å²) in [4.78, 5) is 0.689. The van der Waals surface area contributed by atoms with E-state index in [0.717, 1.165) is 0 Å². The second-order valence-electron chi connectivity index (χ2n) is 1.86. The fourth-order valence-corrected chi connectivity index (χ4v) is 1.44. The highest BCUT2D eigenvalue weighted by atomic mass is 32.1. The Balaban J connectivity index is 3.37. The number of aromatic hydroxyl groups is 1. The Kier molecular flexibility index (Phi) is 1.52. The zero-order valence-electron chi connectivity index (χ0n) is 5.38. The number of anilines is 1. The third kappa shape index (κ3) is 0.807. The summed E-state index contributed by atoms with van der Waals surface area (Å²) in [5, 5.41) is 17.9. The quantitative estimate of drug-likeness (QED) is 0.590. The van der Waals surface area contributed by atoms with Gasteiger partial charge in [0, 0.05) is 4.88 Å². The largest absolute Gasteiger partial charge is 0.505 e. The number of nitriles is 1. The summed E-state index contributed by atoms with van der Waals surface area (Å²) in [6.07, 6.45) is 0. The van der Waals surface area contributed by atoms with Crippen molar-refractivity contribution in [2.75, 3.05) is 5.73 Å². The van der Waals surface area contributed by atoms with Gasteiger partial charge in [-0.15, -0.1) is 11.3 Å². The predicted molar refractivity (Wildman–Crippen MR) is 39.8 cm³/mol. The molecule has 0 saturated heterocycles. The number of hydrogen-bond acceptors (Lipinski definition) is 4. The molecule has 0 radical (unpaired) electrons. The first-order valence-corrected chi connectivity index (χ1v) is 3.46. The van der Waals surface area contributed by atoms with Crippen LogP contribution in [0.15, 0.2) is 0 Å². The molecule has 0 saturated carbocycles. The van der Waals surface area contributed by atoms with E-state index < -0.39 is 0 Å². The molecule has 0 amide bonds. The highest BCUT2D eigenvalue weighted by molar-refractivity contribution is 7.16. The lowest BCUT2D eigenvalue weighted by molar-refractivity contribution is 0.473. The average molecular weight is 154 g/mol. The van der Waals surface area contributed by atoms with Gasteiger partial charge in [0.1, 0.15) is 22.4 Å². The van der Waals surface area contributed by atoms with Gasteiger partial charge in [0.25, 0.3) is 0 Å². The van der Waals surface area contributed by atoms with Gasteiger partial charge in [-0.2, -0.15) is 5.26 Å². The molecule has 1 rings (SSSR count). The van der Waals surface area contributed by atoms with Crippen LogP contribution in [0.1, 0.15) is 10.4 Å². The molecule has 0 unspecified atom stereocenters. The van der Waals surface area contributed by atoms with E-state index in [1.54, 1.807) is 6.92 Å². The number of nitrogens with zero attached hydrogens (tertiary/aromatic N) is 1. The second-order valence-corrected chi connectivity index (χ2v) is 3.11. The molecule has 0 spiro atoms. The van der Waals surface area contributed by atoms with Gasteiger partial charge in [-0.3, -0.25) is 0 Å². The van der Waals surface area contributed by atoms with Crippen molar-refractivity contribution in [1.82, 2.24) is 0 Å². The molecule has 0 aliphatic heterocycles. The van der Waals surface area contributed by atoms with E-state index in [1.807, 2.05) is 6.07 Å². The van der Waals surface area contributed by atoms with Gasteiger partial charge in [-0.1, -0.05) is 0 Å². The van der Waals surface area contributed by atoms with Crippen molar-refractivity contribution in [1.29, 1.82) is 5.26 Å². The van der Waals surface area contributed by atoms with Crippen LogP contribution in [0.4, 0.5) is 5.00 Å². The summed E-state index contributed by atoms with van der Waals surface area (Å²) in [6.45, 7) is 1.72. The Morgan fingerprint density at radius 3 is 2.50 bits per heavy atom. The number of nitrogen functional groups attached to an aromatic ring is 1. The van der Waals surface area contributed by atoms with Crippen LogP contribution in [0, 0.1) is 18.3 Å². The van der Waals surface area contributed by atoms with Crippen molar-refractivity contribution in [3.05, 3.63) is 10.4 Å². The summed E-state index contributed by atoms with van der Waals surface area (Å²) in [7, 11) is 0. The lowest BCUT2D eigenvalue weighted by atomic mass is 10.3. The summed E-state index contributed by atoms with van der Waals surface area (Å²) >= 11 is 1.23. The molecule has 1 aromatic rings. The van der Waals surface area contributed by atoms with Crippen molar-refractivity contribution in [2.45, 2.75) is 6.92 Å². The van der Waals surface area contributed by atoms with Crippen molar-refractivity contribution >= 4 is 16.3 Å². The molecule has 0 aliphatic carbocycles. The highest BCUT2D eigenvalue weighted by Crippen LogP contribution is 2.34. The predicted octanol–water partition coefficient (Wildman–Crippen LogP) is 1.22. The highest BCUT2D eigenvalue weighted by Gasteiger charge is 2.10. The van der Waals surface area contributed by atoms with Gasteiger partial charge in [0.2, 0.25) is 0 Å². The van der Waals surface area contributed by atoms with Crippen molar-refractivity contribution in [3.63, 3.8) is 0 Å². The van der Waals surface area contributed by atoms with Crippen molar-refractivity contribution < 1.29 is 5.11 Å². The molecule has 3 nitrogen and oxygen atoms in total. The SMILES string of the molecule is Cc1sc(N)c(C#N)c1O. The Hall–Kier alpha value is -1.21. The summed E-state index contributed by atoms with van der Waals surface area (Å²) in [6, 6.07) is 1.82. The standard InChI is InChI=1S/C6H6N2OS/c1-3-5(9)4(2-7)6(8)10-3/h9H,8H2,1H3. The van der Waals surface area contributed by atoms with E-state index in [9.17, 15) is 0 Å². The first kappa shape index (κ1) is 6.90. The van der Waals surface area contributed by atoms with Crippen LogP contribution in [-0.2, 0) is 0 Å². The smallest absolute Gasteiger partial charge is 0.149 e. The normalized spacial score (nSPS) is 9.20. The molecule has 1 aromatic heterocycles. The number of aryl methyl sites for hydroxylation is 1. The Morgan fingerprint density at radius 2 is 2.30 bits per heavy atom. The van der Waals surface area contributed by atoms with Crippen molar-refractivity contribution in [2.24, 2.45) is 0 Å². The third-order valence-electron chi connectivity index (χ3n) is 1.19. The molecule has 0 aliphatic rings. The molecule has 3 N–H and O–H groups in total. The maximum absolute atomic E-state index is 9.13. The average Bonchev–Trinajstić information content (AvgIpc) is 2.09. The molecule has 10 heavy (non-hydrogen) atoms. The van der Waals surface area contributed by atoms with Crippen LogP contribution in [0.5, 0.6) is 5.75 Å². The molecule has 1 heterocycles. The van der Waals surface area contributed by atoms with E-state index in [4.69, 9.17) is 16.1 Å². The van der Waals surface area contributed by atoms with Gasteiger partial charge in [0.05, 0.1) is 0 Å². The minimum atomic E-state index is 0.0185. The summed E-state index contributed by atoms with van der Waals surface area (Å²) in [5.41, 5.74) is 5.59. The second kappa shape index (κ2) is 2.20. The molecule has 0 atom stereocenters. The van der Waals surface area contributed by atoms with Gasteiger partial charge in [0.15, 0.2) is 0 Å². The number of nitrogens with two attached hydrogens (primary N) is 1. The molecule has 0 aromatic carbocycles. The number of hydrogen-bond donors (Lipinski definition) is 2. The zero-order valence-corrected chi connectivity index (χ0v) is 6.20. The molecular formula is C6H6N2OS. The maximum Gasteiger partial charge on any atom is 0.149 e. The van der Waals surface area contributed by atoms with Crippen LogP contribution >= 0.6 is 11.3 Å². The van der Waals surface area contributed by atoms with Gasteiger partial charge >= 0.3 is 0 Å². The fourth-order valence-electron chi connectivity index (χ4n) is 0.665.